The largest absolute Gasteiger partial charge is 0.469 e. The van der Waals surface area contributed by atoms with Crippen LogP contribution in [0.4, 0.5) is 0 Å². The molecule has 0 heterocycles. The van der Waals surface area contributed by atoms with Crippen molar-refractivity contribution < 1.29 is 48.2 Å². The molecule has 4 N–H and O–H groups in total. The molecule has 0 bridgehead atoms. The summed E-state index contributed by atoms with van der Waals surface area (Å²) in [5.74, 6) is -1.12. The lowest BCUT2D eigenvalue weighted by molar-refractivity contribution is -0.161. The summed E-state index contributed by atoms with van der Waals surface area (Å²) < 4.78 is 26.3. The van der Waals surface area contributed by atoms with Gasteiger partial charge in [0.25, 0.3) is 0 Å². The number of carbonyl (C=O) groups excluding carboxylic acids is 2. The van der Waals surface area contributed by atoms with Crippen LogP contribution in [0.1, 0.15) is 194 Å². The number of ether oxygens (including phenoxy) is 2. The highest BCUT2D eigenvalue weighted by Gasteiger charge is 2.23. The summed E-state index contributed by atoms with van der Waals surface area (Å²) in [6, 6.07) is 0. The van der Waals surface area contributed by atoms with Crippen LogP contribution in [0, 0.1) is 0 Å². The van der Waals surface area contributed by atoms with Gasteiger partial charge in [-0.05, 0) is 38.5 Å². The van der Waals surface area contributed by atoms with Crippen molar-refractivity contribution in [2.75, 3.05) is 13.2 Å². The number of hydrogen-bond donors (Lipinski definition) is 4. The summed E-state index contributed by atoms with van der Waals surface area (Å²) in [4.78, 5) is 42.9. The van der Waals surface area contributed by atoms with E-state index in [2.05, 4.69) is 24.4 Å². The van der Waals surface area contributed by atoms with Crippen LogP contribution in [0.3, 0.4) is 0 Å². The average molecular weight is 813 g/mol. The van der Waals surface area contributed by atoms with E-state index in [1.54, 1.807) is 36.5 Å². The Morgan fingerprint density at radius 2 is 1.02 bits per heavy atom. The predicted octanol–water partition coefficient (Wildman–Crippen LogP) is 11.5. The van der Waals surface area contributed by atoms with E-state index in [4.69, 9.17) is 19.3 Å². The molecule has 0 rings (SSSR count). The molecule has 0 saturated carbocycles. The Bertz CT molecular complexity index is 1080. The number of carbonyl (C=O) groups is 2. The van der Waals surface area contributed by atoms with Crippen molar-refractivity contribution in [3.8, 4) is 0 Å². The van der Waals surface area contributed by atoms with Crippen molar-refractivity contribution in [2.24, 2.45) is 0 Å². The van der Waals surface area contributed by atoms with E-state index in [0.29, 0.717) is 19.3 Å². The van der Waals surface area contributed by atoms with Gasteiger partial charge in [0.2, 0.25) is 0 Å². The van der Waals surface area contributed by atoms with Gasteiger partial charge in [-0.1, -0.05) is 191 Å². The molecular formula is C45H81O10P. The molecule has 0 aromatic rings. The average Bonchev–Trinajstić information content (AvgIpc) is 3.16. The highest BCUT2D eigenvalue weighted by Crippen LogP contribution is 2.36. The summed E-state index contributed by atoms with van der Waals surface area (Å²) in [7, 11) is -4.82. The molecule has 0 saturated heterocycles. The highest BCUT2D eigenvalue weighted by molar-refractivity contribution is 7.46. The van der Waals surface area contributed by atoms with Gasteiger partial charge >= 0.3 is 19.8 Å². The summed E-state index contributed by atoms with van der Waals surface area (Å²) in [6.07, 6.45) is 41.8. The van der Waals surface area contributed by atoms with Crippen LogP contribution < -0.4 is 0 Å². The van der Waals surface area contributed by atoms with E-state index in [1.165, 1.54) is 116 Å². The molecule has 0 aromatic heterocycles. The number of phosphoric acid groups is 1. The second kappa shape index (κ2) is 39.7. The third-order valence-corrected chi connectivity index (χ3v) is 10.0. The molecule has 0 radical (unpaired) electrons. The zero-order valence-electron chi connectivity index (χ0n) is 35.2. The van der Waals surface area contributed by atoms with Gasteiger partial charge in [-0.2, -0.15) is 0 Å². The van der Waals surface area contributed by atoms with Gasteiger partial charge in [-0.3, -0.25) is 14.1 Å². The summed E-state index contributed by atoms with van der Waals surface area (Å²) in [5, 5.41) is 20.2. The predicted molar refractivity (Wildman–Crippen MR) is 228 cm³/mol. The van der Waals surface area contributed by atoms with Crippen molar-refractivity contribution in [3.05, 3.63) is 48.6 Å². The zero-order chi connectivity index (χ0) is 41.4. The Kier molecular flexibility index (Phi) is 38.3. The van der Waals surface area contributed by atoms with Crippen molar-refractivity contribution in [1.29, 1.82) is 0 Å². The van der Waals surface area contributed by atoms with E-state index in [-0.39, 0.29) is 25.9 Å². The minimum Gasteiger partial charge on any atom is -0.462 e. The molecule has 0 aliphatic carbocycles. The topological polar surface area (TPSA) is 160 Å². The number of esters is 2. The molecule has 0 aliphatic heterocycles. The normalized spacial score (nSPS) is 14.0. The first kappa shape index (κ1) is 53.9. The van der Waals surface area contributed by atoms with Gasteiger partial charge in [0.05, 0.1) is 18.8 Å². The van der Waals surface area contributed by atoms with Crippen molar-refractivity contribution in [1.82, 2.24) is 0 Å². The maximum absolute atomic E-state index is 12.4. The van der Waals surface area contributed by atoms with Crippen LogP contribution in [0.5, 0.6) is 0 Å². The second-order valence-electron chi connectivity index (χ2n) is 15.1. The van der Waals surface area contributed by atoms with Gasteiger partial charge in [0.1, 0.15) is 6.61 Å². The molecule has 0 amide bonds. The molecule has 326 valence electrons. The fourth-order valence-corrected chi connectivity index (χ4v) is 6.52. The number of unbranched alkanes of at least 4 members (excludes halogenated alkanes) is 21. The third kappa shape index (κ3) is 41.6. The molecule has 56 heavy (non-hydrogen) atoms. The van der Waals surface area contributed by atoms with E-state index in [1.807, 2.05) is 6.08 Å². The molecule has 11 heteroatoms. The van der Waals surface area contributed by atoms with Crippen molar-refractivity contribution in [2.45, 2.75) is 212 Å². The molecule has 0 fully saturated rings. The maximum atomic E-state index is 12.4. The van der Waals surface area contributed by atoms with Gasteiger partial charge in [0, 0.05) is 12.8 Å². The fourth-order valence-electron chi connectivity index (χ4n) is 6.16. The van der Waals surface area contributed by atoms with E-state index in [9.17, 15) is 24.4 Å². The Hall–Kier alpha value is -2.07. The first-order valence-corrected chi connectivity index (χ1v) is 23.7. The summed E-state index contributed by atoms with van der Waals surface area (Å²) >= 11 is 0. The van der Waals surface area contributed by atoms with Crippen LogP contribution >= 0.6 is 7.82 Å². The quantitative estimate of drug-likeness (QED) is 0.0154. The van der Waals surface area contributed by atoms with E-state index < -0.39 is 44.7 Å². The SMILES string of the molecule is CCCCC/C=C\C[C@H](O)/C=C/C=C/C=C\[C@H](O)CCCC(=O)O[C@H](COC(=O)CCCCCCCCCCCCCCCCCCCCC)COP(=O)(O)O. The molecule has 3 atom stereocenters. The van der Waals surface area contributed by atoms with Gasteiger partial charge in [-0.15, -0.1) is 0 Å². The molecule has 0 aromatic carbocycles. The van der Waals surface area contributed by atoms with Crippen LogP contribution in [0.2, 0.25) is 0 Å². The minimum atomic E-state index is -4.82. The second-order valence-corrected chi connectivity index (χ2v) is 16.3. The fraction of sp³-hybridized carbons (Fsp3) is 0.778. The van der Waals surface area contributed by atoms with Crippen LogP contribution in [-0.2, 0) is 28.2 Å². The van der Waals surface area contributed by atoms with Crippen LogP contribution in [-0.4, -0.2) is 63.5 Å². The molecule has 0 unspecified atom stereocenters. The lowest BCUT2D eigenvalue weighted by atomic mass is 10.0. The van der Waals surface area contributed by atoms with E-state index >= 15 is 0 Å². The summed E-state index contributed by atoms with van der Waals surface area (Å²) in [5.41, 5.74) is 0. The van der Waals surface area contributed by atoms with Gasteiger partial charge in [0.15, 0.2) is 6.10 Å². The Morgan fingerprint density at radius 3 is 1.54 bits per heavy atom. The zero-order valence-corrected chi connectivity index (χ0v) is 36.1. The van der Waals surface area contributed by atoms with Crippen molar-refractivity contribution >= 4 is 19.8 Å². The number of rotatable bonds is 40. The molecule has 0 aliphatic rings. The van der Waals surface area contributed by atoms with Crippen molar-refractivity contribution in [3.63, 3.8) is 0 Å². The monoisotopic (exact) mass is 813 g/mol. The van der Waals surface area contributed by atoms with Crippen LogP contribution in [0.15, 0.2) is 48.6 Å². The molecule has 0 spiro atoms. The third-order valence-electron chi connectivity index (χ3n) is 9.54. The highest BCUT2D eigenvalue weighted by atomic mass is 31.2. The Labute approximate surface area is 340 Å². The number of aliphatic hydroxyl groups is 2. The minimum absolute atomic E-state index is 0.0475. The number of allylic oxidation sites excluding steroid dienone is 5. The standard InChI is InChI=1S/C45H81O10P/c1-3-5-7-9-11-12-13-14-15-16-17-18-19-20-21-22-23-25-31-37-44(48)53-39-43(40-54-56(50,51)52)55-45(49)38-32-36-42(47)35-30-27-26-29-34-41(46)33-28-24-10-8-6-4-2/h24,26-30,34-35,41-43,46-47H,3-23,25,31-33,36-40H2,1-2H3,(H2,50,51,52)/b27-26+,28-24-,34-29+,35-30-/t41-,42-,43+/m0/s1. The Morgan fingerprint density at radius 1 is 0.554 bits per heavy atom. The number of hydrogen-bond acceptors (Lipinski definition) is 8. The number of aliphatic hydroxyl groups excluding tert-OH is 2. The lowest BCUT2D eigenvalue weighted by Gasteiger charge is -2.18. The smallest absolute Gasteiger partial charge is 0.462 e. The van der Waals surface area contributed by atoms with Gasteiger partial charge in [-0.25, -0.2) is 4.57 Å². The van der Waals surface area contributed by atoms with Gasteiger partial charge < -0.3 is 29.5 Å². The van der Waals surface area contributed by atoms with E-state index in [0.717, 1.165) is 25.7 Å². The molecular weight excluding hydrogens is 731 g/mol. The molecule has 10 nitrogen and oxygen atoms in total. The lowest BCUT2D eigenvalue weighted by Crippen LogP contribution is -2.29. The maximum Gasteiger partial charge on any atom is 0.469 e. The first-order chi connectivity index (χ1) is 27.1. The number of phosphoric ester groups is 1. The first-order valence-electron chi connectivity index (χ1n) is 22.1. The van der Waals surface area contributed by atoms with Crippen LogP contribution in [0.25, 0.3) is 0 Å². The Balaban J connectivity index is 4.11. The summed E-state index contributed by atoms with van der Waals surface area (Å²) in [6.45, 7) is 3.44.